The number of ether oxygens (including phenoxy) is 1. The summed E-state index contributed by atoms with van der Waals surface area (Å²) in [5, 5.41) is 7.57. The molecular formula is C25H22FN3O2. The first-order valence-electron chi connectivity index (χ1n) is 9.83. The summed E-state index contributed by atoms with van der Waals surface area (Å²) in [4.78, 5) is 13.1. The molecule has 31 heavy (non-hydrogen) atoms. The third-order valence-electron chi connectivity index (χ3n) is 5.02. The predicted molar refractivity (Wildman–Crippen MR) is 119 cm³/mol. The van der Waals surface area contributed by atoms with Crippen LogP contribution in [0.15, 0.2) is 72.8 Å². The fourth-order valence-corrected chi connectivity index (χ4v) is 3.31. The van der Waals surface area contributed by atoms with Crippen LogP contribution in [0.3, 0.4) is 0 Å². The summed E-state index contributed by atoms with van der Waals surface area (Å²) >= 11 is 0. The molecule has 1 amide bonds. The van der Waals surface area contributed by atoms with Gasteiger partial charge in [0.2, 0.25) is 0 Å². The van der Waals surface area contributed by atoms with Gasteiger partial charge in [-0.05, 0) is 85.6 Å². The molecule has 0 aliphatic rings. The largest absolute Gasteiger partial charge is 0.497 e. The zero-order valence-electron chi connectivity index (χ0n) is 17.5. The number of anilines is 1. The van der Waals surface area contributed by atoms with E-state index in [9.17, 15) is 9.18 Å². The molecule has 1 N–H and O–H groups in total. The van der Waals surface area contributed by atoms with Gasteiger partial charge in [0.15, 0.2) is 0 Å². The Bertz CT molecular complexity index is 1230. The number of carbonyl (C=O) groups is 1. The van der Waals surface area contributed by atoms with Crippen LogP contribution in [0.5, 0.6) is 5.75 Å². The number of nitrogens with zero attached hydrogens (tertiary/aromatic N) is 2. The molecule has 6 heteroatoms. The second kappa shape index (κ2) is 8.44. The van der Waals surface area contributed by atoms with Gasteiger partial charge in [-0.1, -0.05) is 12.1 Å². The third kappa shape index (κ3) is 4.33. The summed E-state index contributed by atoms with van der Waals surface area (Å²) in [6, 6.07) is 20.9. The molecule has 0 aliphatic heterocycles. The Morgan fingerprint density at radius 1 is 0.968 bits per heavy atom. The highest BCUT2D eigenvalue weighted by molar-refractivity contribution is 6.04. The minimum absolute atomic E-state index is 0.334. The van der Waals surface area contributed by atoms with Gasteiger partial charge >= 0.3 is 0 Å². The number of amides is 1. The number of aromatic nitrogens is 2. The number of aryl methyl sites for hydroxylation is 2. The van der Waals surface area contributed by atoms with Crippen molar-refractivity contribution in [2.24, 2.45) is 0 Å². The van der Waals surface area contributed by atoms with Crippen LogP contribution in [0.2, 0.25) is 0 Å². The molecular weight excluding hydrogens is 393 g/mol. The fourth-order valence-electron chi connectivity index (χ4n) is 3.31. The number of benzene rings is 3. The summed E-state index contributed by atoms with van der Waals surface area (Å²) in [5.74, 6) is 0.0481. The topological polar surface area (TPSA) is 56.1 Å². The minimum Gasteiger partial charge on any atom is -0.497 e. The van der Waals surface area contributed by atoms with E-state index in [0.717, 1.165) is 28.1 Å². The molecule has 1 heterocycles. The maximum Gasteiger partial charge on any atom is 0.274 e. The van der Waals surface area contributed by atoms with E-state index in [0.29, 0.717) is 17.1 Å². The second-order valence-corrected chi connectivity index (χ2v) is 7.31. The molecule has 0 radical (unpaired) electrons. The van der Waals surface area contributed by atoms with Crippen molar-refractivity contribution in [3.8, 4) is 22.7 Å². The average molecular weight is 415 g/mol. The summed E-state index contributed by atoms with van der Waals surface area (Å²) in [5.41, 5.74) is 5.28. The Kier molecular flexibility index (Phi) is 5.54. The highest BCUT2D eigenvalue weighted by Gasteiger charge is 2.19. The van der Waals surface area contributed by atoms with E-state index in [1.54, 1.807) is 17.9 Å². The predicted octanol–water partition coefficient (Wildman–Crippen LogP) is 5.56. The van der Waals surface area contributed by atoms with Gasteiger partial charge in [0.05, 0.1) is 18.5 Å². The van der Waals surface area contributed by atoms with Crippen molar-refractivity contribution in [2.75, 3.05) is 12.4 Å². The SMILES string of the molecule is COc1ccc(-c2cc(C(=O)Nc3ccc(F)cc3)n(-c3cc(C)ccc3C)n2)cc1. The standard InChI is InChI=1S/C25H22FN3O2/c1-16-4-5-17(2)23(14-16)29-24(25(30)27-20-10-8-19(26)9-11-20)15-22(28-29)18-6-12-21(31-3)13-7-18/h4-15H,1-3H3,(H,27,30). The number of hydrogen-bond acceptors (Lipinski definition) is 3. The number of methoxy groups -OCH3 is 1. The van der Waals surface area contributed by atoms with Gasteiger partial charge in [0.1, 0.15) is 17.3 Å². The third-order valence-corrected chi connectivity index (χ3v) is 5.02. The summed E-state index contributed by atoms with van der Waals surface area (Å²) < 4.78 is 20.1. The van der Waals surface area contributed by atoms with Crippen molar-refractivity contribution in [3.05, 3.63) is 95.4 Å². The van der Waals surface area contributed by atoms with E-state index in [2.05, 4.69) is 5.32 Å². The average Bonchev–Trinajstić information content (AvgIpc) is 3.22. The quantitative estimate of drug-likeness (QED) is 0.465. The van der Waals surface area contributed by atoms with Crippen molar-refractivity contribution in [1.82, 2.24) is 9.78 Å². The maximum atomic E-state index is 13.2. The van der Waals surface area contributed by atoms with Gasteiger partial charge in [0.25, 0.3) is 5.91 Å². The number of halogens is 1. The molecule has 0 spiro atoms. The van der Waals surface area contributed by atoms with Crippen LogP contribution in [0, 0.1) is 19.7 Å². The Morgan fingerprint density at radius 3 is 2.35 bits per heavy atom. The molecule has 3 aromatic carbocycles. The van der Waals surface area contributed by atoms with Gasteiger partial charge in [-0.25, -0.2) is 9.07 Å². The first-order chi connectivity index (χ1) is 14.9. The number of hydrogen-bond donors (Lipinski definition) is 1. The van der Waals surface area contributed by atoms with Gasteiger partial charge in [-0.15, -0.1) is 0 Å². The highest BCUT2D eigenvalue weighted by atomic mass is 19.1. The van der Waals surface area contributed by atoms with Crippen molar-refractivity contribution in [1.29, 1.82) is 0 Å². The zero-order chi connectivity index (χ0) is 22.0. The fraction of sp³-hybridized carbons (Fsp3) is 0.120. The van der Waals surface area contributed by atoms with E-state index >= 15 is 0 Å². The Labute approximate surface area is 180 Å². The van der Waals surface area contributed by atoms with Crippen molar-refractivity contribution in [3.63, 3.8) is 0 Å². The Balaban J connectivity index is 1.79. The second-order valence-electron chi connectivity index (χ2n) is 7.31. The van der Waals surface area contributed by atoms with Crippen LogP contribution in [-0.2, 0) is 0 Å². The van der Waals surface area contributed by atoms with Crippen LogP contribution in [-0.4, -0.2) is 22.8 Å². The Hall–Kier alpha value is -3.93. The molecule has 4 rings (SSSR count). The van der Waals surface area contributed by atoms with Crippen molar-refractivity contribution >= 4 is 11.6 Å². The summed E-state index contributed by atoms with van der Waals surface area (Å²) in [7, 11) is 1.61. The highest BCUT2D eigenvalue weighted by Crippen LogP contribution is 2.26. The normalized spacial score (nSPS) is 10.7. The Morgan fingerprint density at radius 2 is 1.68 bits per heavy atom. The minimum atomic E-state index is -0.361. The van der Waals surface area contributed by atoms with E-state index in [1.165, 1.54) is 24.3 Å². The molecule has 5 nitrogen and oxygen atoms in total. The lowest BCUT2D eigenvalue weighted by Gasteiger charge is -2.11. The molecule has 0 saturated carbocycles. The molecule has 4 aromatic rings. The van der Waals surface area contributed by atoms with Gasteiger partial charge in [0, 0.05) is 11.3 Å². The van der Waals surface area contributed by atoms with Gasteiger partial charge in [-0.3, -0.25) is 4.79 Å². The molecule has 0 unspecified atom stereocenters. The maximum absolute atomic E-state index is 13.2. The molecule has 0 atom stereocenters. The van der Waals surface area contributed by atoms with Gasteiger partial charge < -0.3 is 10.1 Å². The van der Waals surface area contributed by atoms with Crippen LogP contribution >= 0.6 is 0 Å². The zero-order valence-corrected chi connectivity index (χ0v) is 17.5. The van der Waals surface area contributed by atoms with Crippen molar-refractivity contribution in [2.45, 2.75) is 13.8 Å². The monoisotopic (exact) mass is 415 g/mol. The smallest absolute Gasteiger partial charge is 0.274 e. The van der Waals surface area contributed by atoms with Crippen LogP contribution in [0.25, 0.3) is 16.9 Å². The van der Waals surface area contributed by atoms with Crippen LogP contribution in [0.4, 0.5) is 10.1 Å². The number of carbonyl (C=O) groups excluding carboxylic acids is 1. The summed E-state index contributed by atoms with van der Waals surface area (Å²) in [6.45, 7) is 3.97. The van der Waals surface area contributed by atoms with Gasteiger partial charge in [-0.2, -0.15) is 5.10 Å². The van der Waals surface area contributed by atoms with E-state index in [1.807, 2.05) is 56.3 Å². The van der Waals surface area contributed by atoms with E-state index in [4.69, 9.17) is 9.84 Å². The van der Waals surface area contributed by atoms with Crippen molar-refractivity contribution < 1.29 is 13.9 Å². The molecule has 0 aliphatic carbocycles. The van der Waals surface area contributed by atoms with E-state index < -0.39 is 0 Å². The lowest BCUT2D eigenvalue weighted by atomic mass is 10.1. The molecule has 0 fully saturated rings. The first-order valence-corrected chi connectivity index (χ1v) is 9.83. The lowest BCUT2D eigenvalue weighted by Crippen LogP contribution is -2.17. The molecule has 156 valence electrons. The molecule has 1 aromatic heterocycles. The lowest BCUT2D eigenvalue weighted by molar-refractivity contribution is 0.101. The van der Waals surface area contributed by atoms with Crippen LogP contribution < -0.4 is 10.1 Å². The van der Waals surface area contributed by atoms with E-state index in [-0.39, 0.29) is 11.7 Å². The first kappa shape index (κ1) is 20.3. The number of nitrogens with one attached hydrogen (secondary N) is 1. The molecule has 0 saturated heterocycles. The van der Waals surface area contributed by atoms with Crippen LogP contribution in [0.1, 0.15) is 21.6 Å². The number of rotatable bonds is 5. The summed E-state index contributed by atoms with van der Waals surface area (Å²) in [6.07, 6.45) is 0. The molecule has 0 bridgehead atoms.